The van der Waals surface area contributed by atoms with E-state index in [9.17, 15) is 4.79 Å². The Morgan fingerprint density at radius 1 is 1.55 bits per heavy atom. The molecular formula is C13H17N3O2S2. The van der Waals surface area contributed by atoms with Gasteiger partial charge in [-0.15, -0.1) is 23.1 Å². The summed E-state index contributed by atoms with van der Waals surface area (Å²) in [6.07, 6.45) is 0. The lowest BCUT2D eigenvalue weighted by Gasteiger charge is -2.20. The second-order valence-electron chi connectivity index (χ2n) is 4.58. The summed E-state index contributed by atoms with van der Waals surface area (Å²) in [6.45, 7) is 3.99. The second kappa shape index (κ2) is 6.90. The first-order chi connectivity index (χ1) is 9.58. The summed E-state index contributed by atoms with van der Waals surface area (Å²) in [5.74, 6) is 2.25. The first-order valence-electron chi connectivity index (χ1n) is 6.27. The highest BCUT2D eigenvalue weighted by atomic mass is 32.2. The standard InChI is InChI=1S/C13H17N3O2S2/c1-9(2)16(3)12(17)8-19-7-11-14-13(15-18-11)10-5-4-6-20-10/h4-6,9H,7-8H2,1-3H3. The fourth-order valence-corrected chi connectivity index (χ4v) is 2.86. The van der Waals surface area contributed by atoms with Crippen molar-refractivity contribution in [3.05, 3.63) is 23.4 Å². The van der Waals surface area contributed by atoms with Crippen LogP contribution in [0.2, 0.25) is 0 Å². The summed E-state index contributed by atoms with van der Waals surface area (Å²) in [6, 6.07) is 4.12. The lowest BCUT2D eigenvalue weighted by Crippen LogP contribution is -2.34. The van der Waals surface area contributed by atoms with Gasteiger partial charge in [-0.2, -0.15) is 4.98 Å². The SMILES string of the molecule is CC(C)N(C)C(=O)CSCc1nc(-c2cccs2)no1. The van der Waals surface area contributed by atoms with Crippen LogP contribution in [0.25, 0.3) is 10.7 Å². The Kier molecular flexibility index (Phi) is 5.19. The minimum absolute atomic E-state index is 0.114. The van der Waals surface area contributed by atoms with Crippen molar-refractivity contribution in [2.75, 3.05) is 12.8 Å². The number of carbonyl (C=O) groups excluding carboxylic acids is 1. The molecule has 0 aliphatic heterocycles. The number of hydrogen-bond acceptors (Lipinski definition) is 6. The van der Waals surface area contributed by atoms with Gasteiger partial charge < -0.3 is 9.42 Å². The van der Waals surface area contributed by atoms with Gasteiger partial charge in [-0.25, -0.2) is 0 Å². The highest BCUT2D eigenvalue weighted by molar-refractivity contribution is 7.99. The van der Waals surface area contributed by atoms with Crippen molar-refractivity contribution in [3.63, 3.8) is 0 Å². The molecule has 0 bridgehead atoms. The van der Waals surface area contributed by atoms with Crippen LogP contribution in [0, 0.1) is 0 Å². The Bertz CT molecular complexity index is 552. The van der Waals surface area contributed by atoms with Crippen molar-refractivity contribution in [1.29, 1.82) is 0 Å². The maximum Gasteiger partial charge on any atom is 0.236 e. The normalized spacial score (nSPS) is 11.0. The van der Waals surface area contributed by atoms with Gasteiger partial charge in [0.1, 0.15) is 0 Å². The van der Waals surface area contributed by atoms with E-state index in [0.29, 0.717) is 23.2 Å². The molecule has 7 heteroatoms. The third kappa shape index (κ3) is 3.83. The fraction of sp³-hybridized carbons (Fsp3) is 0.462. The van der Waals surface area contributed by atoms with Gasteiger partial charge >= 0.3 is 0 Å². The summed E-state index contributed by atoms with van der Waals surface area (Å²) in [5, 5.41) is 5.91. The highest BCUT2D eigenvalue weighted by Crippen LogP contribution is 2.22. The topological polar surface area (TPSA) is 59.2 Å². The predicted octanol–water partition coefficient (Wildman–Crippen LogP) is 2.90. The molecule has 5 nitrogen and oxygen atoms in total. The van der Waals surface area contributed by atoms with Gasteiger partial charge in [-0.05, 0) is 25.3 Å². The first kappa shape index (κ1) is 15.1. The van der Waals surface area contributed by atoms with E-state index in [4.69, 9.17) is 4.52 Å². The van der Waals surface area contributed by atoms with E-state index in [1.165, 1.54) is 11.8 Å². The third-order valence-electron chi connectivity index (χ3n) is 2.83. The number of hydrogen-bond donors (Lipinski definition) is 0. The molecule has 0 spiro atoms. The van der Waals surface area contributed by atoms with Crippen molar-refractivity contribution in [3.8, 4) is 10.7 Å². The Balaban J connectivity index is 1.82. The van der Waals surface area contributed by atoms with Crippen molar-refractivity contribution in [2.45, 2.75) is 25.6 Å². The molecule has 0 aliphatic rings. The van der Waals surface area contributed by atoms with Crippen LogP contribution in [0.3, 0.4) is 0 Å². The van der Waals surface area contributed by atoms with Crippen molar-refractivity contribution in [2.24, 2.45) is 0 Å². The average molecular weight is 311 g/mol. The molecule has 2 aromatic rings. The molecule has 1 amide bonds. The van der Waals surface area contributed by atoms with E-state index in [-0.39, 0.29) is 11.9 Å². The smallest absolute Gasteiger partial charge is 0.236 e. The molecule has 0 fully saturated rings. The van der Waals surface area contributed by atoms with E-state index in [0.717, 1.165) is 4.88 Å². The van der Waals surface area contributed by atoms with E-state index in [1.54, 1.807) is 16.2 Å². The average Bonchev–Trinajstić information content (AvgIpc) is 3.07. The number of nitrogens with zero attached hydrogens (tertiary/aromatic N) is 3. The van der Waals surface area contributed by atoms with E-state index < -0.39 is 0 Å². The summed E-state index contributed by atoms with van der Waals surface area (Å²) >= 11 is 3.06. The number of amides is 1. The molecule has 0 aliphatic carbocycles. The van der Waals surface area contributed by atoms with Crippen LogP contribution in [0.15, 0.2) is 22.0 Å². The molecule has 0 aromatic carbocycles. The molecule has 0 radical (unpaired) electrons. The monoisotopic (exact) mass is 311 g/mol. The quantitative estimate of drug-likeness (QED) is 0.821. The molecule has 0 N–H and O–H groups in total. The van der Waals surface area contributed by atoms with E-state index in [1.807, 2.05) is 38.4 Å². The molecule has 0 saturated heterocycles. The van der Waals surface area contributed by atoms with Gasteiger partial charge in [0.25, 0.3) is 0 Å². The molecular weight excluding hydrogens is 294 g/mol. The Morgan fingerprint density at radius 2 is 2.35 bits per heavy atom. The van der Waals surface area contributed by atoms with Crippen LogP contribution < -0.4 is 0 Å². The zero-order chi connectivity index (χ0) is 14.5. The zero-order valence-electron chi connectivity index (χ0n) is 11.7. The Labute approximate surface area is 126 Å². The largest absolute Gasteiger partial charge is 0.343 e. The first-order valence-corrected chi connectivity index (χ1v) is 8.31. The Morgan fingerprint density at radius 3 is 3.00 bits per heavy atom. The van der Waals surface area contributed by atoms with Gasteiger partial charge in [-0.3, -0.25) is 4.79 Å². The molecule has 108 valence electrons. The van der Waals surface area contributed by atoms with E-state index >= 15 is 0 Å². The predicted molar refractivity (Wildman–Crippen MR) is 81.7 cm³/mol. The number of thioether (sulfide) groups is 1. The second-order valence-corrected chi connectivity index (χ2v) is 6.51. The van der Waals surface area contributed by atoms with Gasteiger partial charge in [0.2, 0.25) is 17.6 Å². The summed E-state index contributed by atoms with van der Waals surface area (Å²) in [5.41, 5.74) is 0. The molecule has 2 rings (SSSR count). The van der Waals surface area contributed by atoms with Crippen LogP contribution in [0.1, 0.15) is 19.7 Å². The maximum absolute atomic E-state index is 11.8. The van der Waals surface area contributed by atoms with Crippen molar-refractivity contribution < 1.29 is 9.32 Å². The van der Waals surface area contributed by atoms with Crippen molar-refractivity contribution in [1.82, 2.24) is 15.0 Å². The Hall–Kier alpha value is -1.34. The minimum Gasteiger partial charge on any atom is -0.343 e. The van der Waals surface area contributed by atoms with Gasteiger partial charge in [0.15, 0.2) is 0 Å². The van der Waals surface area contributed by atoms with Crippen LogP contribution in [0.5, 0.6) is 0 Å². The number of rotatable bonds is 6. The van der Waals surface area contributed by atoms with Crippen LogP contribution in [-0.4, -0.2) is 39.8 Å². The number of aromatic nitrogens is 2. The minimum atomic E-state index is 0.114. The summed E-state index contributed by atoms with van der Waals surface area (Å²) < 4.78 is 5.18. The van der Waals surface area contributed by atoms with Gasteiger partial charge in [0.05, 0.1) is 16.4 Å². The van der Waals surface area contributed by atoms with Crippen LogP contribution >= 0.6 is 23.1 Å². The number of carbonyl (C=O) groups is 1. The fourth-order valence-electron chi connectivity index (χ4n) is 1.43. The molecule has 0 unspecified atom stereocenters. The van der Waals surface area contributed by atoms with E-state index in [2.05, 4.69) is 10.1 Å². The van der Waals surface area contributed by atoms with Crippen LogP contribution in [-0.2, 0) is 10.5 Å². The maximum atomic E-state index is 11.8. The van der Waals surface area contributed by atoms with Gasteiger partial charge in [0, 0.05) is 13.1 Å². The third-order valence-corrected chi connectivity index (χ3v) is 4.60. The molecule has 2 aromatic heterocycles. The van der Waals surface area contributed by atoms with Crippen LogP contribution in [0.4, 0.5) is 0 Å². The highest BCUT2D eigenvalue weighted by Gasteiger charge is 2.13. The molecule has 2 heterocycles. The molecule has 0 saturated carbocycles. The number of thiophene rings is 1. The lowest BCUT2D eigenvalue weighted by atomic mass is 10.3. The summed E-state index contributed by atoms with van der Waals surface area (Å²) in [7, 11) is 1.81. The molecule has 0 atom stereocenters. The zero-order valence-corrected chi connectivity index (χ0v) is 13.3. The molecule has 20 heavy (non-hydrogen) atoms. The van der Waals surface area contributed by atoms with Gasteiger partial charge in [-0.1, -0.05) is 11.2 Å². The summed E-state index contributed by atoms with van der Waals surface area (Å²) in [4.78, 5) is 18.8. The lowest BCUT2D eigenvalue weighted by molar-refractivity contribution is -0.128. The van der Waals surface area contributed by atoms with Crippen molar-refractivity contribution >= 4 is 29.0 Å².